The molecule has 1 fully saturated rings. The van der Waals surface area contributed by atoms with Crippen molar-refractivity contribution in [2.45, 2.75) is 25.0 Å². The van der Waals surface area contributed by atoms with E-state index >= 15 is 0 Å². The molecule has 3 rings (SSSR count). The van der Waals surface area contributed by atoms with E-state index in [4.69, 9.17) is 9.47 Å². The van der Waals surface area contributed by atoms with Gasteiger partial charge in [0.2, 0.25) is 5.91 Å². The van der Waals surface area contributed by atoms with Crippen LogP contribution >= 0.6 is 0 Å². The molecule has 7 heteroatoms. The Hall–Kier alpha value is -2.51. The Balaban J connectivity index is 1.60. The highest BCUT2D eigenvalue weighted by Crippen LogP contribution is 2.46. The number of ether oxygens (including phenoxy) is 2. The van der Waals surface area contributed by atoms with Crippen LogP contribution in [-0.4, -0.2) is 38.8 Å². The zero-order chi connectivity index (χ0) is 19.9. The lowest BCUT2D eigenvalue weighted by Gasteiger charge is -2.13. The van der Waals surface area contributed by atoms with Gasteiger partial charge in [0.15, 0.2) is 11.6 Å². The van der Waals surface area contributed by atoms with Gasteiger partial charge < -0.3 is 20.1 Å². The van der Waals surface area contributed by atoms with Crippen molar-refractivity contribution < 1.29 is 23.0 Å². The van der Waals surface area contributed by atoms with Crippen LogP contribution in [0, 0.1) is 11.6 Å². The Labute approximate surface area is 163 Å². The molecule has 2 aromatic rings. The van der Waals surface area contributed by atoms with Crippen molar-refractivity contribution in [2.24, 2.45) is 0 Å². The predicted octanol–water partition coefficient (Wildman–Crippen LogP) is 2.75. The molecule has 0 saturated heterocycles. The van der Waals surface area contributed by atoms with E-state index < -0.39 is 11.6 Å². The lowest BCUT2D eigenvalue weighted by molar-refractivity contribution is -0.120. The van der Waals surface area contributed by atoms with Crippen LogP contribution in [-0.2, 0) is 16.1 Å². The zero-order valence-electron chi connectivity index (χ0n) is 15.7. The summed E-state index contributed by atoms with van der Waals surface area (Å²) in [5.41, 5.74) is 1.39. The Morgan fingerprint density at radius 2 is 2.00 bits per heavy atom. The highest BCUT2D eigenvalue weighted by atomic mass is 19.1. The Morgan fingerprint density at radius 1 is 1.21 bits per heavy atom. The van der Waals surface area contributed by atoms with Crippen molar-refractivity contribution in [1.29, 1.82) is 0 Å². The summed E-state index contributed by atoms with van der Waals surface area (Å²) in [4.78, 5) is 11.8. The second kappa shape index (κ2) is 9.61. The maximum Gasteiger partial charge on any atom is 0.234 e. The van der Waals surface area contributed by atoms with E-state index in [9.17, 15) is 13.6 Å². The van der Waals surface area contributed by atoms with Gasteiger partial charge in [-0.25, -0.2) is 8.78 Å². The quantitative estimate of drug-likeness (QED) is 0.613. The van der Waals surface area contributed by atoms with E-state index in [1.165, 1.54) is 6.07 Å². The highest BCUT2D eigenvalue weighted by molar-refractivity contribution is 5.78. The van der Waals surface area contributed by atoms with Gasteiger partial charge in [-0.3, -0.25) is 4.79 Å². The normalized spacial score (nSPS) is 18.0. The predicted molar refractivity (Wildman–Crippen MR) is 101 cm³/mol. The molecule has 0 aliphatic heterocycles. The van der Waals surface area contributed by atoms with E-state index in [1.807, 2.05) is 30.3 Å². The van der Waals surface area contributed by atoms with Gasteiger partial charge in [0.25, 0.3) is 0 Å². The van der Waals surface area contributed by atoms with Gasteiger partial charge in [-0.05, 0) is 18.1 Å². The van der Waals surface area contributed by atoms with Crippen LogP contribution in [0.5, 0.6) is 5.75 Å². The van der Waals surface area contributed by atoms with Crippen LogP contribution in [0.3, 0.4) is 0 Å². The van der Waals surface area contributed by atoms with Crippen molar-refractivity contribution in [3.63, 3.8) is 0 Å². The highest BCUT2D eigenvalue weighted by Gasteiger charge is 2.41. The van der Waals surface area contributed by atoms with Crippen LogP contribution in [0.2, 0.25) is 0 Å². The molecule has 2 aromatic carbocycles. The minimum Gasteiger partial charge on any atom is -0.486 e. The summed E-state index contributed by atoms with van der Waals surface area (Å²) in [6, 6.07) is 11.5. The summed E-state index contributed by atoms with van der Waals surface area (Å²) in [6.07, 6.45) is 0.690. The molecule has 2 N–H and O–H groups in total. The minimum absolute atomic E-state index is 0.0200. The number of hydrogen-bond donors (Lipinski definition) is 2. The smallest absolute Gasteiger partial charge is 0.234 e. The average molecular weight is 390 g/mol. The average Bonchev–Trinajstić information content (AvgIpc) is 3.46. The molecule has 1 saturated carbocycles. The van der Waals surface area contributed by atoms with E-state index in [-0.39, 0.29) is 36.8 Å². The number of nitrogens with one attached hydrogen (secondary N) is 2. The first-order chi connectivity index (χ1) is 13.6. The maximum atomic E-state index is 14.4. The molecule has 1 amide bonds. The fraction of sp³-hybridized carbons (Fsp3) is 0.381. The van der Waals surface area contributed by atoms with Crippen molar-refractivity contribution in [2.75, 3.05) is 26.8 Å². The topological polar surface area (TPSA) is 59.6 Å². The minimum atomic E-state index is -0.714. The van der Waals surface area contributed by atoms with Crippen molar-refractivity contribution >= 4 is 5.91 Å². The number of rotatable bonds is 10. The van der Waals surface area contributed by atoms with Crippen molar-refractivity contribution in [3.05, 3.63) is 65.2 Å². The fourth-order valence-corrected chi connectivity index (χ4v) is 3.08. The van der Waals surface area contributed by atoms with Gasteiger partial charge in [0, 0.05) is 37.2 Å². The second-order valence-electron chi connectivity index (χ2n) is 6.75. The Morgan fingerprint density at radius 3 is 2.75 bits per heavy atom. The zero-order valence-corrected chi connectivity index (χ0v) is 15.7. The summed E-state index contributed by atoms with van der Waals surface area (Å²) >= 11 is 0. The second-order valence-corrected chi connectivity index (χ2v) is 6.75. The van der Waals surface area contributed by atoms with Gasteiger partial charge >= 0.3 is 0 Å². The fourth-order valence-electron chi connectivity index (χ4n) is 3.08. The van der Waals surface area contributed by atoms with Gasteiger partial charge in [0.1, 0.15) is 12.4 Å². The van der Waals surface area contributed by atoms with Gasteiger partial charge in [-0.2, -0.15) is 0 Å². The van der Waals surface area contributed by atoms with Gasteiger partial charge in [0.05, 0.1) is 13.2 Å². The van der Waals surface area contributed by atoms with Crippen LogP contribution in [0.15, 0.2) is 42.5 Å². The summed E-state index contributed by atoms with van der Waals surface area (Å²) in [7, 11) is 1.56. The molecule has 2 atom stereocenters. The molecule has 1 aliphatic carbocycles. The third-order valence-corrected chi connectivity index (χ3v) is 4.61. The Bertz CT molecular complexity index is 802. The molecular formula is C21H24F2N2O3. The summed E-state index contributed by atoms with van der Waals surface area (Å²) in [6.45, 7) is 1.23. The standard InChI is InChI=1S/C21H24F2N2O3/c1-27-8-7-24-20(26)12-25-19-11-16(19)17-9-15(22)10-18(23)21(17)28-13-14-5-3-2-4-6-14/h2-6,9-10,16,19,25H,7-8,11-13H2,1H3,(H,24,26)/t16-,19+/m0/s1. The largest absolute Gasteiger partial charge is 0.486 e. The third kappa shape index (κ3) is 5.50. The molecule has 5 nitrogen and oxygen atoms in total. The van der Waals surface area contributed by atoms with Gasteiger partial charge in [-0.1, -0.05) is 30.3 Å². The molecule has 0 aromatic heterocycles. The lowest BCUT2D eigenvalue weighted by atomic mass is 10.1. The molecule has 0 unspecified atom stereocenters. The summed E-state index contributed by atoms with van der Waals surface area (Å²) in [5.74, 6) is -1.52. The summed E-state index contributed by atoms with van der Waals surface area (Å²) < 4.78 is 38.7. The molecule has 28 heavy (non-hydrogen) atoms. The molecule has 0 radical (unpaired) electrons. The Kier molecular flexibility index (Phi) is 6.95. The van der Waals surface area contributed by atoms with Crippen molar-refractivity contribution in [1.82, 2.24) is 10.6 Å². The number of halogens is 2. The van der Waals surface area contributed by atoms with Crippen LogP contribution in [0.1, 0.15) is 23.5 Å². The first-order valence-electron chi connectivity index (χ1n) is 9.23. The number of hydrogen-bond acceptors (Lipinski definition) is 4. The number of amides is 1. The number of carbonyl (C=O) groups is 1. The SMILES string of the molecule is COCCNC(=O)CN[C@@H]1C[C@H]1c1cc(F)cc(F)c1OCc1ccccc1. The molecule has 0 heterocycles. The molecule has 0 bridgehead atoms. The lowest BCUT2D eigenvalue weighted by Crippen LogP contribution is -2.36. The third-order valence-electron chi connectivity index (χ3n) is 4.61. The maximum absolute atomic E-state index is 14.4. The number of methoxy groups -OCH3 is 1. The van der Waals surface area contributed by atoms with Gasteiger partial charge in [-0.15, -0.1) is 0 Å². The van der Waals surface area contributed by atoms with E-state index in [1.54, 1.807) is 7.11 Å². The molecular weight excluding hydrogens is 366 g/mol. The summed E-state index contributed by atoms with van der Waals surface area (Å²) in [5, 5.41) is 5.84. The van der Waals surface area contributed by atoms with E-state index in [0.717, 1.165) is 11.6 Å². The van der Waals surface area contributed by atoms with Crippen LogP contribution in [0.4, 0.5) is 8.78 Å². The van der Waals surface area contributed by atoms with Crippen LogP contribution in [0.25, 0.3) is 0 Å². The first-order valence-corrected chi connectivity index (χ1v) is 9.23. The van der Waals surface area contributed by atoms with Crippen LogP contribution < -0.4 is 15.4 Å². The number of benzene rings is 2. The van der Waals surface area contributed by atoms with E-state index in [0.29, 0.717) is 25.1 Å². The molecule has 0 spiro atoms. The monoisotopic (exact) mass is 390 g/mol. The molecule has 150 valence electrons. The van der Waals surface area contributed by atoms with Crippen molar-refractivity contribution in [3.8, 4) is 5.75 Å². The first kappa shape index (κ1) is 20.2. The number of carbonyl (C=O) groups excluding carboxylic acids is 1. The molecule has 1 aliphatic rings. The van der Waals surface area contributed by atoms with E-state index in [2.05, 4.69) is 10.6 Å².